The Morgan fingerprint density at radius 3 is 2.65 bits per heavy atom. The van der Waals surface area contributed by atoms with Crippen LogP contribution >= 0.6 is 0 Å². The largest absolute Gasteiger partial charge is 0.454 e. The van der Waals surface area contributed by atoms with Gasteiger partial charge in [-0.1, -0.05) is 24.3 Å². The molecule has 2 aromatic rings. The van der Waals surface area contributed by atoms with Crippen molar-refractivity contribution in [2.24, 2.45) is 5.92 Å². The minimum atomic E-state index is -0.288. The predicted molar refractivity (Wildman–Crippen MR) is 112 cm³/mol. The first kappa shape index (κ1) is 20.7. The second-order valence-corrected chi connectivity index (χ2v) is 7.63. The van der Waals surface area contributed by atoms with Crippen LogP contribution in [0.25, 0.3) is 0 Å². The van der Waals surface area contributed by atoms with Gasteiger partial charge in [0.15, 0.2) is 11.5 Å². The smallest absolute Gasteiger partial charge is 0.251 e. The summed E-state index contributed by atoms with van der Waals surface area (Å²) in [6.07, 6.45) is 1.48. The van der Waals surface area contributed by atoms with Gasteiger partial charge >= 0.3 is 0 Å². The third-order valence-electron chi connectivity index (χ3n) is 5.48. The van der Waals surface area contributed by atoms with Crippen molar-refractivity contribution in [3.8, 4) is 11.5 Å². The Kier molecular flexibility index (Phi) is 6.35. The van der Waals surface area contributed by atoms with E-state index in [1.165, 1.54) is 0 Å². The molecule has 2 heterocycles. The summed E-state index contributed by atoms with van der Waals surface area (Å²) >= 11 is 0. The Morgan fingerprint density at radius 2 is 1.81 bits per heavy atom. The average molecular weight is 423 g/mol. The van der Waals surface area contributed by atoms with Crippen LogP contribution in [0.4, 0.5) is 0 Å². The van der Waals surface area contributed by atoms with Crippen molar-refractivity contribution in [2.75, 3.05) is 26.4 Å². The van der Waals surface area contributed by atoms with E-state index in [0.717, 1.165) is 18.4 Å². The normalized spacial score (nSPS) is 17.2. The van der Waals surface area contributed by atoms with Gasteiger partial charge in [0.2, 0.25) is 18.6 Å². The number of hydrogen-bond donors (Lipinski definition) is 2. The minimum absolute atomic E-state index is 0.0801. The Hall–Kier alpha value is -3.55. The third kappa shape index (κ3) is 5.14. The molecular formula is C23H25N3O5. The number of fused-ring (bicyclic) bond motifs is 1. The van der Waals surface area contributed by atoms with Crippen molar-refractivity contribution in [1.29, 1.82) is 0 Å². The summed E-state index contributed by atoms with van der Waals surface area (Å²) in [7, 11) is 0. The second-order valence-electron chi connectivity index (χ2n) is 7.63. The van der Waals surface area contributed by atoms with E-state index >= 15 is 0 Å². The van der Waals surface area contributed by atoms with E-state index < -0.39 is 0 Å². The van der Waals surface area contributed by atoms with Crippen LogP contribution in [0.3, 0.4) is 0 Å². The van der Waals surface area contributed by atoms with Gasteiger partial charge in [-0.25, -0.2) is 0 Å². The Morgan fingerprint density at radius 1 is 1.00 bits per heavy atom. The lowest BCUT2D eigenvalue weighted by Crippen LogP contribution is -2.48. The van der Waals surface area contributed by atoms with Crippen molar-refractivity contribution in [2.45, 2.75) is 19.4 Å². The fourth-order valence-corrected chi connectivity index (χ4v) is 3.76. The zero-order chi connectivity index (χ0) is 21.6. The van der Waals surface area contributed by atoms with Crippen LogP contribution in [-0.2, 0) is 16.1 Å². The number of amides is 3. The number of ether oxygens (including phenoxy) is 2. The summed E-state index contributed by atoms with van der Waals surface area (Å²) in [6, 6.07) is 14.3. The number of nitrogens with one attached hydrogen (secondary N) is 2. The molecule has 162 valence electrons. The molecule has 8 nitrogen and oxygen atoms in total. The van der Waals surface area contributed by atoms with Crippen LogP contribution in [0.5, 0.6) is 11.5 Å². The number of piperidine rings is 1. The van der Waals surface area contributed by atoms with Gasteiger partial charge in [0.25, 0.3) is 5.91 Å². The molecule has 2 N–H and O–H groups in total. The topological polar surface area (TPSA) is 97.0 Å². The van der Waals surface area contributed by atoms with Crippen LogP contribution in [0.1, 0.15) is 28.8 Å². The standard InChI is InChI=1S/C23H25N3O5/c27-21(13-25-22(28)17-5-2-1-3-6-17)26-10-4-7-18(14-26)23(29)24-12-16-8-9-19-20(11-16)31-15-30-19/h1-3,5-6,8-9,11,18H,4,7,10,12-15H2,(H,24,29)(H,25,28)/t18-/m1/s1. The molecule has 0 bridgehead atoms. The molecule has 3 amide bonds. The number of likely N-dealkylation sites (tertiary alicyclic amines) is 1. The fourth-order valence-electron chi connectivity index (χ4n) is 3.76. The van der Waals surface area contributed by atoms with Gasteiger partial charge in [0.05, 0.1) is 12.5 Å². The van der Waals surface area contributed by atoms with Crippen LogP contribution < -0.4 is 20.1 Å². The predicted octanol–water partition coefficient (Wildman–Crippen LogP) is 1.70. The number of nitrogens with zero attached hydrogens (tertiary/aromatic N) is 1. The maximum atomic E-state index is 12.6. The number of hydrogen-bond acceptors (Lipinski definition) is 5. The maximum absolute atomic E-state index is 12.6. The summed E-state index contributed by atoms with van der Waals surface area (Å²) < 4.78 is 10.7. The zero-order valence-electron chi connectivity index (χ0n) is 17.1. The lowest BCUT2D eigenvalue weighted by atomic mass is 9.97. The van der Waals surface area contributed by atoms with E-state index in [1.54, 1.807) is 29.2 Å². The lowest BCUT2D eigenvalue weighted by Gasteiger charge is -2.32. The zero-order valence-corrected chi connectivity index (χ0v) is 17.1. The average Bonchev–Trinajstić information content (AvgIpc) is 3.29. The molecule has 4 rings (SSSR count). The highest BCUT2D eigenvalue weighted by Crippen LogP contribution is 2.32. The van der Waals surface area contributed by atoms with Gasteiger partial charge in [-0.2, -0.15) is 0 Å². The molecule has 1 saturated heterocycles. The Labute approximate surface area is 180 Å². The van der Waals surface area contributed by atoms with Crippen LogP contribution in [0.2, 0.25) is 0 Å². The molecule has 0 saturated carbocycles. The molecule has 31 heavy (non-hydrogen) atoms. The van der Waals surface area contributed by atoms with Crippen LogP contribution in [0.15, 0.2) is 48.5 Å². The van der Waals surface area contributed by atoms with E-state index in [4.69, 9.17) is 9.47 Å². The highest BCUT2D eigenvalue weighted by atomic mass is 16.7. The first-order chi connectivity index (χ1) is 15.1. The monoisotopic (exact) mass is 423 g/mol. The molecule has 1 atom stereocenters. The van der Waals surface area contributed by atoms with Gasteiger partial charge < -0.3 is 25.0 Å². The molecule has 0 unspecified atom stereocenters. The molecule has 2 aliphatic rings. The fraction of sp³-hybridized carbons (Fsp3) is 0.348. The highest BCUT2D eigenvalue weighted by Gasteiger charge is 2.28. The van der Waals surface area contributed by atoms with Gasteiger partial charge in [-0.3, -0.25) is 14.4 Å². The molecule has 8 heteroatoms. The quantitative estimate of drug-likeness (QED) is 0.737. The first-order valence-corrected chi connectivity index (χ1v) is 10.4. The van der Waals surface area contributed by atoms with E-state index in [1.807, 2.05) is 24.3 Å². The highest BCUT2D eigenvalue weighted by molar-refractivity contribution is 5.96. The lowest BCUT2D eigenvalue weighted by molar-refractivity contribution is -0.135. The van der Waals surface area contributed by atoms with Crippen molar-refractivity contribution in [1.82, 2.24) is 15.5 Å². The number of rotatable bonds is 6. The number of benzene rings is 2. The van der Waals surface area contributed by atoms with Gasteiger partial charge in [-0.05, 0) is 42.7 Å². The van der Waals surface area contributed by atoms with E-state index in [0.29, 0.717) is 36.7 Å². The Balaban J connectivity index is 1.25. The van der Waals surface area contributed by atoms with Gasteiger partial charge in [0, 0.05) is 25.2 Å². The third-order valence-corrected chi connectivity index (χ3v) is 5.48. The number of carbonyl (C=O) groups excluding carboxylic acids is 3. The summed E-state index contributed by atoms with van der Waals surface area (Å²) in [5.74, 6) is 0.566. The molecule has 2 aliphatic heterocycles. The van der Waals surface area contributed by atoms with Crippen molar-refractivity contribution in [3.05, 3.63) is 59.7 Å². The summed E-state index contributed by atoms with van der Waals surface area (Å²) in [4.78, 5) is 39.0. The van der Waals surface area contributed by atoms with Crippen molar-refractivity contribution < 1.29 is 23.9 Å². The molecule has 0 radical (unpaired) electrons. The minimum Gasteiger partial charge on any atom is -0.454 e. The van der Waals surface area contributed by atoms with E-state index in [9.17, 15) is 14.4 Å². The first-order valence-electron chi connectivity index (χ1n) is 10.4. The van der Waals surface area contributed by atoms with Gasteiger partial charge in [-0.15, -0.1) is 0 Å². The molecule has 1 fully saturated rings. The molecule has 2 aromatic carbocycles. The SMILES string of the molecule is O=C(NCC(=O)N1CCC[C@@H](C(=O)NCc2ccc3c(c2)OCO3)C1)c1ccccc1. The summed E-state index contributed by atoms with van der Waals surface area (Å²) in [5.41, 5.74) is 1.43. The van der Waals surface area contributed by atoms with Crippen LogP contribution in [-0.4, -0.2) is 49.0 Å². The Bertz CT molecular complexity index is 963. The van der Waals surface area contributed by atoms with Gasteiger partial charge in [0.1, 0.15) is 0 Å². The molecule has 0 aliphatic carbocycles. The molecular weight excluding hydrogens is 398 g/mol. The van der Waals surface area contributed by atoms with E-state index in [2.05, 4.69) is 10.6 Å². The van der Waals surface area contributed by atoms with E-state index in [-0.39, 0.29) is 37.0 Å². The number of carbonyl (C=O) groups is 3. The molecule has 0 aromatic heterocycles. The maximum Gasteiger partial charge on any atom is 0.251 e. The van der Waals surface area contributed by atoms with Crippen LogP contribution in [0, 0.1) is 5.92 Å². The summed E-state index contributed by atoms with van der Waals surface area (Å²) in [6.45, 7) is 1.45. The van der Waals surface area contributed by atoms with Crippen molar-refractivity contribution in [3.63, 3.8) is 0 Å². The molecule has 0 spiro atoms. The second kappa shape index (κ2) is 9.51. The van der Waals surface area contributed by atoms with Crippen molar-refractivity contribution >= 4 is 17.7 Å². The summed E-state index contributed by atoms with van der Waals surface area (Å²) in [5, 5.41) is 5.60.